The molecule has 2 aromatic carbocycles. The third-order valence-electron chi connectivity index (χ3n) is 3.81. The van der Waals surface area contributed by atoms with Gasteiger partial charge in [0, 0.05) is 12.1 Å². The molecule has 0 aliphatic heterocycles. The van der Waals surface area contributed by atoms with E-state index in [2.05, 4.69) is 62.7 Å². The molecule has 5 heteroatoms. The first-order valence-corrected chi connectivity index (χ1v) is 10.1. The summed E-state index contributed by atoms with van der Waals surface area (Å²) in [7, 11) is -1.27. The van der Waals surface area contributed by atoms with Gasteiger partial charge >= 0.3 is 8.53 Å². The van der Waals surface area contributed by atoms with Gasteiger partial charge in [-0.2, -0.15) is 5.26 Å². The highest BCUT2D eigenvalue weighted by Gasteiger charge is 2.28. The highest BCUT2D eigenvalue weighted by atomic mass is 31.2. The summed E-state index contributed by atoms with van der Waals surface area (Å²) in [5.74, 6) is 0.777. The number of nitriles is 1. The molecule has 4 nitrogen and oxygen atoms in total. The molecule has 0 saturated carbocycles. The van der Waals surface area contributed by atoms with Crippen LogP contribution in [-0.2, 0) is 4.52 Å². The predicted molar refractivity (Wildman–Crippen MR) is 108 cm³/mol. The average molecular weight is 370 g/mol. The van der Waals surface area contributed by atoms with Crippen molar-refractivity contribution in [2.75, 3.05) is 6.61 Å². The molecule has 0 aromatic heterocycles. The van der Waals surface area contributed by atoms with E-state index in [0.717, 1.165) is 11.3 Å². The monoisotopic (exact) mass is 370 g/mol. The van der Waals surface area contributed by atoms with Crippen LogP contribution in [0.5, 0.6) is 5.75 Å². The topological polar surface area (TPSA) is 45.5 Å². The van der Waals surface area contributed by atoms with Gasteiger partial charge in [0.05, 0.1) is 19.1 Å². The van der Waals surface area contributed by atoms with E-state index in [4.69, 9.17) is 14.3 Å². The van der Waals surface area contributed by atoms with E-state index in [1.807, 2.05) is 30.3 Å². The average Bonchev–Trinajstić information content (AvgIpc) is 2.62. The lowest BCUT2D eigenvalue weighted by molar-refractivity contribution is 0.219. The second-order valence-corrected chi connectivity index (χ2v) is 7.91. The Kier molecular flexibility index (Phi) is 8.06. The molecule has 138 valence electrons. The van der Waals surface area contributed by atoms with Crippen molar-refractivity contribution in [1.29, 1.82) is 5.26 Å². The van der Waals surface area contributed by atoms with Crippen LogP contribution >= 0.6 is 8.53 Å². The van der Waals surface area contributed by atoms with Crippen molar-refractivity contribution < 1.29 is 9.05 Å². The van der Waals surface area contributed by atoms with E-state index in [-0.39, 0.29) is 12.1 Å². The molecule has 0 aliphatic carbocycles. The zero-order valence-electron chi connectivity index (χ0n) is 15.9. The molecule has 0 N–H and O–H groups in total. The molecule has 0 fully saturated rings. The summed E-state index contributed by atoms with van der Waals surface area (Å²) < 4.78 is 14.3. The molecule has 1 atom stereocenters. The fourth-order valence-corrected chi connectivity index (χ4v) is 4.30. The van der Waals surface area contributed by atoms with Crippen LogP contribution in [0.15, 0.2) is 54.6 Å². The number of benzene rings is 2. The minimum absolute atomic E-state index is 0.284. The quantitative estimate of drug-likeness (QED) is 0.401. The minimum Gasteiger partial charge on any atom is -0.436 e. The Balaban J connectivity index is 2.15. The van der Waals surface area contributed by atoms with Gasteiger partial charge in [-0.05, 0) is 51.0 Å². The van der Waals surface area contributed by atoms with Crippen molar-refractivity contribution in [3.8, 4) is 22.9 Å². The van der Waals surface area contributed by atoms with Crippen LogP contribution in [0.4, 0.5) is 0 Å². The molecule has 0 saturated heterocycles. The molecule has 0 amide bonds. The SMILES string of the molecule is CC(C)N(C(C)C)P(OCCC#N)Oc1ccc(-c2ccccc2)cc1. The molecular formula is C21H27N2O2P. The summed E-state index contributed by atoms with van der Waals surface area (Å²) in [6, 6.07) is 21.0. The molecule has 0 radical (unpaired) electrons. The first-order valence-electron chi connectivity index (χ1n) is 8.94. The Labute approximate surface area is 158 Å². The molecule has 26 heavy (non-hydrogen) atoms. The summed E-state index contributed by atoms with van der Waals surface area (Å²) in [6.07, 6.45) is 0.360. The largest absolute Gasteiger partial charge is 0.436 e. The molecule has 2 aromatic rings. The van der Waals surface area contributed by atoms with Crippen LogP contribution in [-0.4, -0.2) is 23.4 Å². The maximum Gasteiger partial charge on any atom is 0.321 e. The van der Waals surface area contributed by atoms with E-state index >= 15 is 0 Å². The number of hydrogen-bond donors (Lipinski definition) is 0. The van der Waals surface area contributed by atoms with E-state index in [0.29, 0.717) is 13.0 Å². The molecule has 1 unspecified atom stereocenters. The van der Waals surface area contributed by atoms with E-state index in [1.54, 1.807) is 0 Å². The van der Waals surface area contributed by atoms with Crippen LogP contribution in [0.2, 0.25) is 0 Å². The van der Waals surface area contributed by atoms with Gasteiger partial charge in [-0.3, -0.25) is 0 Å². The smallest absolute Gasteiger partial charge is 0.321 e. The van der Waals surface area contributed by atoms with Crippen molar-refractivity contribution in [1.82, 2.24) is 4.67 Å². The van der Waals surface area contributed by atoms with Crippen LogP contribution in [0, 0.1) is 11.3 Å². The van der Waals surface area contributed by atoms with Gasteiger partial charge in [0.25, 0.3) is 0 Å². The first-order chi connectivity index (χ1) is 12.5. The van der Waals surface area contributed by atoms with E-state index < -0.39 is 8.53 Å². The number of rotatable bonds is 9. The van der Waals surface area contributed by atoms with Crippen LogP contribution < -0.4 is 4.52 Å². The van der Waals surface area contributed by atoms with E-state index in [9.17, 15) is 0 Å². The Morgan fingerprint density at radius 3 is 2.04 bits per heavy atom. The summed E-state index contributed by atoms with van der Waals surface area (Å²) in [6.45, 7) is 8.89. The maximum absolute atomic E-state index is 8.79. The lowest BCUT2D eigenvalue weighted by Gasteiger charge is -2.35. The molecule has 0 bridgehead atoms. The van der Waals surface area contributed by atoms with Crippen molar-refractivity contribution in [3.05, 3.63) is 54.6 Å². The second-order valence-electron chi connectivity index (χ2n) is 6.53. The lowest BCUT2D eigenvalue weighted by Crippen LogP contribution is -2.34. The van der Waals surface area contributed by atoms with Gasteiger partial charge < -0.3 is 9.05 Å². The van der Waals surface area contributed by atoms with Gasteiger partial charge in [-0.15, -0.1) is 0 Å². The summed E-state index contributed by atoms with van der Waals surface area (Å²) in [4.78, 5) is 0. The van der Waals surface area contributed by atoms with Crippen molar-refractivity contribution in [3.63, 3.8) is 0 Å². The summed E-state index contributed by atoms with van der Waals surface area (Å²) in [5.41, 5.74) is 2.33. The summed E-state index contributed by atoms with van der Waals surface area (Å²) in [5, 5.41) is 8.79. The van der Waals surface area contributed by atoms with Crippen LogP contribution in [0.25, 0.3) is 11.1 Å². The highest BCUT2D eigenvalue weighted by Crippen LogP contribution is 2.46. The normalized spacial score (nSPS) is 12.4. The zero-order chi connectivity index (χ0) is 18.9. The molecule has 0 spiro atoms. The molecular weight excluding hydrogens is 343 g/mol. The van der Waals surface area contributed by atoms with Crippen LogP contribution in [0.1, 0.15) is 34.1 Å². The summed E-state index contributed by atoms with van der Waals surface area (Å²) >= 11 is 0. The van der Waals surface area contributed by atoms with Crippen LogP contribution in [0.3, 0.4) is 0 Å². The maximum atomic E-state index is 8.79. The van der Waals surface area contributed by atoms with Gasteiger partial charge in [0.1, 0.15) is 5.75 Å². The van der Waals surface area contributed by atoms with Crippen molar-refractivity contribution >= 4 is 8.53 Å². The third-order valence-corrected chi connectivity index (χ3v) is 5.88. The Morgan fingerprint density at radius 2 is 1.50 bits per heavy atom. The van der Waals surface area contributed by atoms with Gasteiger partial charge in [-0.1, -0.05) is 42.5 Å². The minimum atomic E-state index is -1.27. The zero-order valence-corrected chi connectivity index (χ0v) is 16.8. The Morgan fingerprint density at radius 1 is 0.923 bits per heavy atom. The van der Waals surface area contributed by atoms with Gasteiger partial charge in [0.15, 0.2) is 0 Å². The predicted octanol–water partition coefficient (Wildman–Crippen LogP) is 6.01. The first kappa shape index (κ1) is 20.4. The van der Waals surface area contributed by atoms with E-state index in [1.165, 1.54) is 5.56 Å². The molecule has 0 aliphatic rings. The highest BCUT2D eigenvalue weighted by molar-refractivity contribution is 7.45. The van der Waals surface area contributed by atoms with Crippen molar-refractivity contribution in [2.45, 2.75) is 46.2 Å². The lowest BCUT2D eigenvalue weighted by atomic mass is 10.1. The number of hydrogen-bond acceptors (Lipinski definition) is 4. The fourth-order valence-electron chi connectivity index (χ4n) is 2.71. The fraction of sp³-hybridized carbons (Fsp3) is 0.381. The van der Waals surface area contributed by atoms with Gasteiger partial charge in [-0.25, -0.2) is 4.67 Å². The third kappa shape index (κ3) is 5.81. The standard InChI is InChI=1S/C21H27N2O2P/c1-17(2)23(18(3)4)26(24-16-8-15-22)25-21-13-11-20(12-14-21)19-9-6-5-7-10-19/h5-7,9-14,17-18H,8,16H2,1-4H3. The Bertz CT molecular complexity index is 688. The number of nitrogens with zero attached hydrogens (tertiary/aromatic N) is 2. The molecule has 0 heterocycles. The Hall–Kier alpha value is -1.92. The molecule has 2 rings (SSSR count). The van der Waals surface area contributed by atoms with Gasteiger partial charge in [0.2, 0.25) is 0 Å². The second kappa shape index (κ2) is 10.3. The van der Waals surface area contributed by atoms with Crippen molar-refractivity contribution in [2.24, 2.45) is 0 Å².